The lowest BCUT2D eigenvalue weighted by atomic mass is 9.83. The zero-order valence-corrected chi connectivity index (χ0v) is 14.7. The van der Waals surface area contributed by atoms with Crippen LogP contribution in [0.2, 0.25) is 0 Å². The number of amides is 1. The zero-order chi connectivity index (χ0) is 17.6. The van der Waals surface area contributed by atoms with E-state index in [4.69, 9.17) is 4.74 Å². The summed E-state index contributed by atoms with van der Waals surface area (Å²) in [6.07, 6.45) is 5.63. The number of benzene rings is 2. The molecule has 2 aromatic rings. The van der Waals surface area contributed by atoms with Crippen molar-refractivity contribution in [3.05, 3.63) is 48.0 Å². The van der Waals surface area contributed by atoms with Crippen LogP contribution in [-0.4, -0.2) is 25.0 Å². The van der Waals surface area contributed by atoms with Gasteiger partial charge in [-0.05, 0) is 35.1 Å². The first kappa shape index (κ1) is 17.5. The Hall–Kier alpha value is -2.36. The van der Waals surface area contributed by atoms with Gasteiger partial charge in [0.15, 0.2) is 0 Å². The molecule has 4 nitrogen and oxygen atoms in total. The van der Waals surface area contributed by atoms with E-state index in [-0.39, 0.29) is 24.2 Å². The monoisotopic (exact) mass is 339 g/mol. The van der Waals surface area contributed by atoms with Crippen molar-refractivity contribution in [2.45, 2.75) is 44.6 Å². The Morgan fingerprint density at radius 3 is 2.52 bits per heavy atom. The molecule has 0 heterocycles. The highest BCUT2D eigenvalue weighted by atomic mass is 16.5. The quantitative estimate of drug-likeness (QED) is 0.847. The molecule has 1 N–H and O–H groups in total. The maximum Gasteiger partial charge on any atom is 0.328 e. The third kappa shape index (κ3) is 4.38. The molecule has 0 saturated heterocycles. The first-order chi connectivity index (χ1) is 12.2. The van der Waals surface area contributed by atoms with Crippen molar-refractivity contribution >= 4 is 22.6 Å². The van der Waals surface area contributed by atoms with E-state index in [9.17, 15) is 9.59 Å². The van der Waals surface area contributed by atoms with E-state index in [0.29, 0.717) is 0 Å². The van der Waals surface area contributed by atoms with Crippen molar-refractivity contribution in [1.82, 2.24) is 5.32 Å². The van der Waals surface area contributed by atoms with Gasteiger partial charge in [-0.25, -0.2) is 4.79 Å². The highest BCUT2D eigenvalue weighted by molar-refractivity contribution is 5.88. The molecule has 3 rings (SSSR count). The van der Waals surface area contributed by atoms with Gasteiger partial charge in [-0.1, -0.05) is 61.7 Å². The number of rotatable bonds is 5. The minimum atomic E-state index is -0.529. The fraction of sp³-hybridized carbons (Fsp3) is 0.429. The van der Waals surface area contributed by atoms with Gasteiger partial charge in [-0.3, -0.25) is 4.79 Å². The molecule has 132 valence electrons. The smallest absolute Gasteiger partial charge is 0.328 e. The van der Waals surface area contributed by atoms with Gasteiger partial charge >= 0.3 is 5.97 Å². The van der Waals surface area contributed by atoms with Gasteiger partial charge in [0.05, 0.1) is 13.5 Å². The molecule has 0 bridgehead atoms. The van der Waals surface area contributed by atoms with Crippen molar-refractivity contribution < 1.29 is 14.3 Å². The number of hydrogen-bond donors (Lipinski definition) is 1. The fourth-order valence-corrected chi connectivity index (χ4v) is 3.72. The van der Waals surface area contributed by atoms with E-state index in [2.05, 4.69) is 11.4 Å². The van der Waals surface area contributed by atoms with Gasteiger partial charge in [0.2, 0.25) is 5.91 Å². The molecule has 1 fully saturated rings. The Morgan fingerprint density at radius 2 is 1.80 bits per heavy atom. The normalized spacial score (nSPS) is 16.4. The highest BCUT2D eigenvalue weighted by Crippen LogP contribution is 2.27. The van der Waals surface area contributed by atoms with Crippen LogP contribution in [0.15, 0.2) is 42.5 Å². The Morgan fingerprint density at radius 1 is 1.08 bits per heavy atom. The predicted octanol–water partition coefficient (Wildman–Crippen LogP) is 3.62. The highest BCUT2D eigenvalue weighted by Gasteiger charge is 2.31. The molecule has 25 heavy (non-hydrogen) atoms. The lowest BCUT2D eigenvalue weighted by Crippen LogP contribution is -2.47. The zero-order valence-electron chi connectivity index (χ0n) is 14.7. The van der Waals surface area contributed by atoms with E-state index < -0.39 is 6.04 Å². The first-order valence-corrected chi connectivity index (χ1v) is 9.02. The fourth-order valence-electron chi connectivity index (χ4n) is 3.72. The molecule has 1 amide bonds. The van der Waals surface area contributed by atoms with Crippen LogP contribution in [0, 0.1) is 5.92 Å². The van der Waals surface area contributed by atoms with Crippen LogP contribution in [-0.2, 0) is 20.7 Å². The lowest BCUT2D eigenvalue weighted by molar-refractivity contribution is -0.147. The predicted molar refractivity (Wildman–Crippen MR) is 98.2 cm³/mol. The maximum absolute atomic E-state index is 12.5. The topological polar surface area (TPSA) is 55.4 Å². The summed E-state index contributed by atoms with van der Waals surface area (Å²) in [5.41, 5.74) is 0.948. The molecule has 1 aliphatic carbocycles. The van der Waals surface area contributed by atoms with Crippen molar-refractivity contribution in [3.8, 4) is 0 Å². The molecule has 0 radical (unpaired) electrons. The second kappa shape index (κ2) is 8.15. The van der Waals surface area contributed by atoms with E-state index in [1.807, 2.05) is 36.4 Å². The average Bonchev–Trinajstić information content (AvgIpc) is 2.66. The Labute approximate surface area is 148 Å². The van der Waals surface area contributed by atoms with Gasteiger partial charge in [0.25, 0.3) is 0 Å². The first-order valence-electron chi connectivity index (χ1n) is 9.02. The van der Waals surface area contributed by atoms with Crippen LogP contribution in [0.1, 0.15) is 37.7 Å². The molecule has 2 aromatic carbocycles. The van der Waals surface area contributed by atoms with Gasteiger partial charge in [-0.15, -0.1) is 0 Å². The van der Waals surface area contributed by atoms with Gasteiger partial charge in [0.1, 0.15) is 6.04 Å². The van der Waals surface area contributed by atoms with Crippen LogP contribution in [0.5, 0.6) is 0 Å². The molecule has 4 heteroatoms. The molecule has 0 aromatic heterocycles. The minimum Gasteiger partial charge on any atom is -0.467 e. The maximum atomic E-state index is 12.5. The number of hydrogen-bond acceptors (Lipinski definition) is 3. The van der Waals surface area contributed by atoms with Crippen LogP contribution in [0.4, 0.5) is 0 Å². The number of methoxy groups -OCH3 is 1. The Bertz CT molecular complexity index is 750. The van der Waals surface area contributed by atoms with Gasteiger partial charge < -0.3 is 10.1 Å². The summed E-state index contributed by atoms with van der Waals surface area (Å²) in [7, 11) is 1.38. The number of carbonyl (C=O) groups excluding carboxylic acids is 2. The minimum absolute atomic E-state index is 0.128. The lowest BCUT2D eigenvalue weighted by Gasteiger charge is -2.29. The molecule has 0 unspecified atom stereocenters. The molecule has 1 saturated carbocycles. The van der Waals surface area contributed by atoms with Crippen LogP contribution >= 0.6 is 0 Å². The van der Waals surface area contributed by atoms with Crippen molar-refractivity contribution in [3.63, 3.8) is 0 Å². The summed E-state index contributed by atoms with van der Waals surface area (Å²) in [5, 5.41) is 5.19. The standard InChI is InChI=1S/C21H25NO3/c1-25-21(24)20(17-8-3-2-4-9-17)22-19(23)14-15-11-12-16-7-5-6-10-18(16)13-15/h5-7,10-13,17,20H,2-4,8-9,14H2,1H3,(H,22,23)/t20-/m0/s1. The second-order valence-electron chi connectivity index (χ2n) is 6.82. The molecule has 0 spiro atoms. The molecular formula is C21H25NO3. The van der Waals surface area contributed by atoms with E-state index in [1.165, 1.54) is 13.5 Å². The summed E-state index contributed by atoms with van der Waals surface area (Å²) in [5.74, 6) is -0.281. The third-order valence-corrected chi connectivity index (χ3v) is 5.07. The van der Waals surface area contributed by atoms with Gasteiger partial charge in [0, 0.05) is 0 Å². The summed E-state index contributed by atoms with van der Waals surface area (Å²) in [4.78, 5) is 24.6. The third-order valence-electron chi connectivity index (χ3n) is 5.07. The largest absolute Gasteiger partial charge is 0.467 e. The SMILES string of the molecule is COC(=O)[C@@H](NC(=O)Cc1ccc2ccccc2c1)C1CCCCC1. The van der Waals surface area contributed by atoms with Crippen molar-refractivity contribution in [2.75, 3.05) is 7.11 Å². The van der Waals surface area contributed by atoms with Crippen LogP contribution in [0.25, 0.3) is 10.8 Å². The Kier molecular flexibility index (Phi) is 5.69. The van der Waals surface area contributed by atoms with E-state index >= 15 is 0 Å². The van der Waals surface area contributed by atoms with Crippen LogP contribution < -0.4 is 5.32 Å². The number of nitrogens with one attached hydrogen (secondary N) is 1. The molecular weight excluding hydrogens is 314 g/mol. The van der Waals surface area contributed by atoms with E-state index in [1.54, 1.807) is 0 Å². The molecule has 1 atom stereocenters. The van der Waals surface area contributed by atoms with Crippen LogP contribution in [0.3, 0.4) is 0 Å². The molecule has 0 aliphatic heterocycles. The summed E-state index contributed by atoms with van der Waals surface area (Å²) in [6.45, 7) is 0. The summed E-state index contributed by atoms with van der Waals surface area (Å²) in [6, 6.07) is 13.6. The number of carbonyl (C=O) groups is 2. The Balaban J connectivity index is 1.68. The van der Waals surface area contributed by atoms with Crippen molar-refractivity contribution in [2.24, 2.45) is 5.92 Å². The number of esters is 1. The average molecular weight is 339 g/mol. The summed E-state index contributed by atoms with van der Waals surface area (Å²) >= 11 is 0. The van der Waals surface area contributed by atoms with Gasteiger partial charge in [-0.2, -0.15) is 0 Å². The number of ether oxygens (including phenoxy) is 1. The number of fused-ring (bicyclic) bond motifs is 1. The van der Waals surface area contributed by atoms with Crippen molar-refractivity contribution in [1.29, 1.82) is 0 Å². The molecule has 1 aliphatic rings. The summed E-state index contributed by atoms with van der Waals surface area (Å²) < 4.78 is 4.92. The second-order valence-corrected chi connectivity index (χ2v) is 6.82. The van der Waals surface area contributed by atoms with E-state index in [0.717, 1.165) is 42.0 Å².